The lowest BCUT2D eigenvalue weighted by Crippen LogP contribution is -2.06. The summed E-state index contributed by atoms with van der Waals surface area (Å²) in [6, 6.07) is 4.78. The molecule has 1 aromatic carbocycles. The summed E-state index contributed by atoms with van der Waals surface area (Å²) < 4.78 is 0. The number of nitrogens with zero attached hydrogens (tertiary/aromatic N) is 1. The monoisotopic (exact) mass is 189 g/mol. The highest BCUT2D eigenvalue weighted by molar-refractivity contribution is 5.99. The van der Waals surface area contributed by atoms with Crippen LogP contribution in [-0.2, 0) is 11.2 Å². The van der Waals surface area contributed by atoms with E-state index in [2.05, 4.69) is 0 Å². The third-order valence-corrected chi connectivity index (χ3v) is 2.17. The van der Waals surface area contributed by atoms with Gasteiger partial charge in [0, 0.05) is 12.5 Å². The van der Waals surface area contributed by atoms with Gasteiger partial charge in [-0.1, -0.05) is 12.1 Å². The Hall–Kier alpha value is -1.97. The summed E-state index contributed by atoms with van der Waals surface area (Å²) in [6.07, 6.45) is 3.15. The zero-order valence-electron chi connectivity index (χ0n) is 7.27. The van der Waals surface area contributed by atoms with E-state index in [4.69, 9.17) is 0 Å². The second-order valence-corrected chi connectivity index (χ2v) is 3.08. The second-order valence-electron chi connectivity index (χ2n) is 3.08. The molecule has 0 bridgehead atoms. The molecule has 0 saturated heterocycles. The lowest BCUT2D eigenvalue weighted by molar-refractivity contribution is -0.385. The third-order valence-electron chi connectivity index (χ3n) is 2.17. The average Bonchev–Trinajstić information content (AvgIpc) is 2.16. The van der Waals surface area contributed by atoms with Crippen LogP contribution in [0.15, 0.2) is 24.3 Å². The molecule has 4 heteroatoms. The Morgan fingerprint density at radius 3 is 2.79 bits per heavy atom. The number of carbonyl (C=O) groups is 1. The van der Waals surface area contributed by atoms with Gasteiger partial charge in [-0.15, -0.1) is 0 Å². The van der Waals surface area contributed by atoms with E-state index in [0.717, 1.165) is 5.56 Å². The number of nitro benzene ring substituents is 1. The molecule has 14 heavy (non-hydrogen) atoms. The lowest BCUT2D eigenvalue weighted by atomic mass is 9.95. The van der Waals surface area contributed by atoms with E-state index in [9.17, 15) is 14.9 Å². The Kier molecular flexibility index (Phi) is 1.89. The molecule has 1 aromatic rings. The summed E-state index contributed by atoms with van der Waals surface area (Å²) in [5.41, 5.74) is 1.34. The fourth-order valence-electron chi connectivity index (χ4n) is 1.53. The SMILES string of the molecule is O=C1C=Cc2c(cccc2[N+](=O)[O-])C1. The highest BCUT2D eigenvalue weighted by atomic mass is 16.6. The van der Waals surface area contributed by atoms with Crippen molar-refractivity contribution >= 4 is 17.5 Å². The van der Waals surface area contributed by atoms with Crippen LogP contribution in [0.2, 0.25) is 0 Å². The molecule has 0 spiro atoms. The summed E-state index contributed by atoms with van der Waals surface area (Å²) >= 11 is 0. The van der Waals surface area contributed by atoms with E-state index in [-0.39, 0.29) is 17.9 Å². The van der Waals surface area contributed by atoms with Crippen LogP contribution in [0.1, 0.15) is 11.1 Å². The highest BCUT2D eigenvalue weighted by Gasteiger charge is 2.19. The van der Waals surface area contributed by atoms with Gasteiger partial charge in [-0.2, -0.15) is 0 Å². The Bertz CT molecular complexity index is 449. The van der Waals surface area contributed by atoms with E-state index in [1.54, 1.807) is 12.1 Å². The molecule has 0 amide bonds. The first-order chi connectivity index (χ1) is 6.68. The van der Waals surface area contributed by atoms with Crippen molar-refractivity contribution in [1.82, 2.24) is 0 Å². The van der Waals surface area contributed by atoms with Gasteiger partial charge in [0.15, 0.2) is 5.78 Å². The number of allylic oxidation sites excluding steroid dienone is 1. The van der Waals surface area contributed by atoms with E-state index >= 15 is 0 Å². The predicted molar refractivity (Wildman–Crippen MR) is 50.8 cm³/mol. The molecule has 0 radical (unpaired) electrons. The largest absolute Gasteiger partial charge is 0.294 e. The van der Waals surface area contributed by atoms with Crippen LogP contribution in [0.4, 0.5) is 5.69 Å². The average molecular weight is 189 g/mol. The molecule has 0 unspecified atom stereocenters. The summed E-state index contributed by atoms with van der Waals surface area (Å²) in [7, 11) is 0. The summed E-state index contributed by atoms with van der Waals surface area (Å²) in [5, 5.41) is 10.6. The standard InChI is InChI=1S/C10H7NO3/c12-8-4-5-9-7(6-8)2-1-3-10(9)11(13)14/h1-5H,6H2. The van der Waals surface area contributed by atoms with Gasteiger partial charge < -0.3 is 0 Å². The molecule has 1 aliphatic rings. The molecule has 0 aliphatic heterocycles. The Labute approximate surface area is 80.0 Å². The number of rotatable bonds is 1. The van der Waals surface area contributed by atoms with Crippen LogP contribution >= 0.6 is 0 Å². The normalized spacial score (nSPS) is 13.9. The quantitative estimate of drug-likeness (QED) is 0.499. The van der Waals surface area contributed by atoms with Gasteiger partial charge in [0.1, 0.15) is 0 Å². The first kappa shape index (κ1) is 8.62. The van der Waals surface area contributed by atoms with Gasteiger partial charge in [0.05, 0.1) is 10.5 Å². The Morgan fingerprint density at radius 2 is 2.07 bits per heavy atom. The van der Waals surface area contributed by atoms with E-state index in [1.165, 1.54) is 18.2 Å². The topological polar surface area (TPSA) is 60.2 Å². The van der Waals surface area contributed by atoms with Gasteiger partial charge in [-0.3, -0.25) is 14.9 Å². The zero-order valence-corrected chi connectivity index (χ0v) is 7.27. The van der Waals surface area contributed by atoms with Gasteiger partial charge in [0.25, 0.3) is 5.69 Å². The number of fused-ring (bicyclic) bond motifs is 1. The molecular formula is C10H7NO3. The molecule has 0 N–H and O–H groups in total. The Balaban J connectivity index is 2.61. The van der Waals surface area contributed by atoms with Crippen LogP contribution < -0.4 is 0 Å². The van der Waals surface area contributed by atoms with Gasteiger partial charge in [0.2, 0.25) is 0 Å². The predicted octanol–water partition coefficient (Wildman–Crippen LogP) is 1.73. The molecule has 2 rings (SSSR count). The van der Waals surface area contributed by atoms with Crippen LogP contribution in [0.5, 0.6) is 0 Å². The minimum Gasteiger partial charge on any atom is -0.294 e. The first-order valence-corrected chi connectivity index (χ1v) is 4.15. The Morgan fingerprint density at radius 1 is 1.29 bits per heavy atom. The van der Waals surface area contributed by atoms with Gasteiger partial charge in [-0.25, -0.2) is 0 Å². The molecule has 0 fully saturated rings. The van der Waals surface area contributed by atoms with Crippen LogP contribution in [0.3, 0.4) is 0 Å². The summed E-state index contributed by atoms with van der Waals surface area (Å²) in [4.78, 5) is 21.3. The number of hydrogen-bond acceptors (Lipinski definition) is 3. The van der Waals surface area contributed by atoms with E-state index in [1.807, 2.05) is 0 Å². The fraction of sp³-hybridized carbons (Fsp3) is 0.100. The van der Waals surface area contributed by atoms with Crippen LogP contribution in [0.25, 0.3) is 6.08 Å². The van der Waals surface area contributed by atoms with Crippen molar-refractivity contribution in [2.75, 3.05) is 0 Å². The van der Waals surface area contributed by atoms with Crippen LogP contribution in [0, 0.1) is 10.1 Å². The van der Waals surface area contributed by atoms with Crippen molar-refractivity contribution < 1.29 is 9.72 Å². The number of nitro groups is 1. The van der Waals surface area contributed by atoms with Crippen molar-refractivity contribution in [2.24, 2.45) is 0 Å². The number of carbonyl (C=O) groups excluding carboxylic acids is 1. The zero-order chi connectivity index (χ0) is 10.1. The lowest BCUT2D eigenvalue weighted by Gasteiger charge is -2.08. The van der Waals surface area contributed by atoms with Crippen molar-refractivity contribution in [3.8, 4) is 0 Å². The maximum Gasteiger partial charge on any atom is 0.276 e. The molecule has 70 valence electrons. The number of benzene rings is 1. The summed E-state index contributed by atoms with van der Waals surface area (Å²) in [6.45, 7) is 0. The number of ketones is 1. The minimum atomic E-state index is -0.432. The minimum absolute atomic E-state index is 0.0157. The van der Waals surface area contributed by atoms with Crippen molar-refractivity contribution in [3.05, 3.63) is 45.5 Å². The smallest absolute Gasteiger partial charge is 0.276 e. The highest BCUT2D eigenvalue weighted by Crippen LogP contribution is 2.26. The maximum atomic E-state index is 11.1. The molecule has 0 saturated carbocycles. The molecule has 0 aromatic heterocycles. The third kappa shape index (κ3) is 1.31. The number of hydrogen-bond donors (Lipinski definition) is 0. The second kappa shape index (κ2) is 3.06. The summed E-state index contributed by atoms with van der Waals surface area (Å²) in [5.74, 6) is -0.0157. The van der Waals surface area contributed by atoms with Gasteiger partial charge >= 0.3 is 0 Å². The molecule has 1 aliphatic carbocycles. The van der Waals surface area contributed by atoms with Crippen molar-refractivity contribution in [3.63, 3.8) is 0 Å². The van der Waals surface area contributed by atoms with Crippen molar-refractivity contribution in [1.29, 1.82) is 0 Å². The molecule has 4 nitrogen and oxygen atoms in total. The van der Waals surface area contributed by atoms with Gasteiger partial charge in [-0.05, 0) is 17.7 Å². The van der Waals surface area contributed by atoms with E-state index < -0.39 is 4.92 Å². The van der Waals surface area contributed by atoms with E-state index in [0.29, 0.717) is 5.56 Å². The molecule has 0 heterocycles. The molecule has 0 atom stereocenters. The maximum absolute atomic E-state index is 11.1. The van der Waals surface area contributed by atoms with Crippen molar-refractivity contribution in [2.45, 2.75) is 6.42 Å². The first-order valence-electron chi connectivity index (χ1n) is 4.15. The fourth-order valence-corrected chi connectivity index (χ4v) is 1.53. The van der Waals surface area contributed by atoms with Crippen LogP contribution in [-0.4, -0.2) is 10.7 Å². The molecular weight excluding hydrogens is 182 g/mol.